The second-order valence-electron chi connectivity index (χ2n) is 5.77. The highest BCUT2D eigenvalue weighted by Crippen LogP contribution is 2.24. The van der Waals surface area contributed by atoms with Gasteiger partial charge in [0.25, 0.3) is 0 Å². The van der Waals surface area contributed by atoms with Gasteiger partial charge >= 0.3 is 0 Å². The highest BCUT2D eigenvalue weighted by molar-refractivity contribution is 7.80. The second kappa shape index (κ2) is 6.90. The first-order chi connectivity index (χ1) is 8.86. The van der Waals surface area contributed by atoms with Crippen LogP contribution in [0.2, 0.25) is 0 Å². The highest BCUT2D eigenvalue weighted by atomic mass is 32.1. The molecule has 0 aliphatic rings. The fourth-order valence-electron chi connectivity index (χ4n) is 2.13. The van der Waals surface area contributed by atoms with E-state index in [1.807, 2.05) is 0 Å². The van der Waals surface area contributed by atoms with Gasteiger partial charge in [0.2, 0.25) is 0 Å². The second-order valence-corrected chi connectivity index (χ2v) is 6.21. The number of nitrogens with two attached hydrogens (primary N) is 1. The third-order valence-electron chi connectivity index (χ3n) is 3.65. The first kappa shape index (κ1) is 16.0. The quantitative estimate of drug-likeness (QED) is 0.767. The van der Waals surface area contributed by atoms with Crippen molar-refractivity contribution in [2.24, 2.45) is 11.1 Å². The van der Waals surface area contributed by atoms with E-state index in [0.29, 0.717) is 4.99 Å². The largest absolute Gasteiger partial charge is 0.393 e. The molecule has 0 bridgehead atoms. The normalized spacial score (nSPS) is 11.4. The molecule has 106 valence electrons. The van der Waals surface area contributed by atoms with E-state index >= 15 is 0 Å². The fourth-order valence-corrected chi connectivity index (χ4v) is 2.23. The molecule has 0 saturated heterocycles. The van der Waals surface area contributed by atoms with Gasteiger partial charge in [-0.1, -0.05) is 38.2 Å². The zero-order valence-corrected chi connectivity index (χ0v) is 13.4. The van der Waals surface area contributed by atoms with Gasteiger partial charge in [-0.3, -0.25) is 0 Å². The van der Waals surface area contributed by atoms with E-state index in [9.17, 15) is 0 Å². The molecule has 19 heavy (non-hydrogen) atoms. The molecule has 2 nitrogen and oxygen atoms in total. The van der Waals surface area contributed by atoms with Crippen LogP contribution in [0.25, 0.3) is 0 Å². The SMILES string of the molecule is CCN(CCCC(C)(C)C(N)=S)c1cccc(C)c1. The molecule has 0 aliphatic carbocycles. The van der Waals surface area contributed by atoms with Crippen LogP contribution in [-0.4, -0.2) is 18.1 Å². The number of nitrogens with zero attached hydrogens (tertiary/aromatic N) is 1. The summed E-state index contributed by atoms with van der Waals surface area (Å²) in [5, 5.41) is 0. The van der Waals surface area contributed by atoms with Gasteiger partial charge < -0.3 is 10.6 Å². The first-order valence-corrected chi connectivity index (χ1v) is 7.39. The van der Waals surface area contributed by atoms with Crippen molar-refractivity contribution in [1.82, 2.24) is 0 Å². The Kier molecular flexibility index (Phi) is 5.80. The lowest BCUT2D eigenvalue weighted by atomic mass is 9.88. The predicted molar refractivity (Wildman–Crippen MR) is 88.9 cm³/mol. The van der Waals surface area contributed by atoms with Crippen molar-refractivity contribution in [3.8, 4) is 0 Å². The minimum Gasteiger partial charge on any atom is -0.393 e. The number of anilines is 1. The zero-order valence-electron chi connectivity index (χ0n) is 12.6. The maximum Gasteiger partial charge on any atom is 0.0784 e. The predicted octanol–water partition coefficient (Wildman–Crippen LogP) is 3.91. The Hall–Kier alpha value is -1.09. The van der Waals surface area contributed by atoms with Crippen molar-refractivity contribution < 1.29 is 0 Å². The summed E-state index contributed by atoms with van der Waals surface area (Å²) in [4.78, 5) is 3.02. The Balaban J connectivity index is 2.57. The summed E-state index contributed by atoms with van der Waals surface area (Å²) in [5.41, 5.74) is 8.33. The van der Waals surface area contributed by atoms with Crippen molar-refractivity contribution in [3.05, 3.63) is 29.8 Å². The van der Waals surface area contributed by atoms with Crippen molar-refractivity contribution in [2.45, 2.75) is 40.5 Å². The molecule has 0 saturated carbocycles. The van der Waals surface area contributed by atoms with Crippen LogP contribution in [0.3, 0.4) is 0 Å². The Labute approximate surface area is 123 Å². The Morgan fingerprint density at radius 2 is 2.05 bits per heavy atom. The van der Waals surface area contributed by atoms with Crippen LogP contribution in [-0.2, 0) is 0 Å². The summed E-state index contributed by atoms with van der Waals surface area (Å²) in [6.45, 7) is 10.6. The van der Waals surface area contributed by atoms with Crippen molar-refractivity contribution in [3.63, 3.8) is 0 Å². The molecule has 0 radical (unpaired) electrons. The lowest BCUT2D eigenvalue weighted by molar-refractivity contribution is 0.459. The van der Waals surface area contributed by atoms with Gasteiger partial charge in [0.05, 0.1) is 4.99 Å². The summed E-state index contributed by atoms with van der Waals surface area (Å²) in [5.74, 6) is 0. The van der Waals surface area contributed by atoms with Gasteiger partial charge in [0.1, 0.15) is 0 Å². The summed E-state index contributed by atoms with van der Waals surface area (Å²) in [7, 11) is 0. The molecule has 0 amide bonds. The zero-order chi connectivity index (χ0) is 14.5. The molecule has 0 unspecified atom stereocenters. The highest BCUT2D eigenvalue weighted by Gasteiger charge is 2.20. The molecular formula is C16H26N2S. The van der Waals surface area contributed by atoms with Crippen LogP contribution in [0.4, 0.5) is 5.69 Å². The van der Waals surface area contributed by atoms with Crippen molar-refractivity contribution in [1.29, 1.82) is 0 Å². The Morgan fingerprint density at radius 3 is 2.58 bits per heavy atom. The van der Waals surface area contributed by atoms with E-state index in [-0.39, 0.29) is 5.41 Å². The van der Waals surface area contributed by atoms with Crippen LogP contribution in [0.15, 0.2) is 24.3 Å². The molecule has 2 N–H and O–H groups in total. The van der Waals surface area contributed by atoms with E-state index < -0.39 is 0 Å². The van der Waals surface area contributed by atoms with Crippen molar-refractivity contribution >= 4 is 22.9 Å². The minimum atomic E-state index is -0.0403. The number of benzene rings is 1. The van der Waals surface area contributed by atoms with E-state index in [2.05, 4.69) is 56.9 Å². The monoisotopic (exact) mass is 278 g/mol. The van der Waals surface area contributed by atoms with Gasteiger partial charge in [-0.25, -0.2) is 0 Å². The molecular weight excluding hydrogens is 252 g/mol. The van der Waals surface area contributed by atoms with Gasteiger partial charge in [-0.15, -0.1) is 0 Å². The number of hydrogen-bond acceptors (Lipinski definition) is 2. The van der Waals surface area contributed by atoms with Crippen LogP contribution < -0.4 is 10.6 Å². The number of rotatable bonds is 7. The number of hydrogen-bond donors (Lipinski definition) is 1. The molecule has 0 atom stereocenters. The molecule has 0 aliphatic heterocycles. The Bertz CT molecular complexity index is 427. The fraction of sp³-hybridized carbons (Fsp3) is 0.562. The third-order valence-corrected chi connectivity index (χ3v) is 4.20. The lowest BCUT2D eigenvalue weighted by Gasteiger charge is -2.27. The molecule has 0 fully saturated rings. The summed E-state index contributed by atoms with van der Waals surface area (Å²) < 4.78 is 0. The van der Waals surface area contributed by atoms with Gasteiger partial charge in [0, 0.05) is 24.2 Å². The third kappa shape index (κ3) is 4.83. The van der Waals surface area contributed by atoms with Crippen LogP contribution in [0, 0.1) is 12.3 Å². The lowest BCUT2D eigenvalue weighted by Crippen LogP contribution is -2.31. The van der Waals surface area contributed by atoms with Crippen LogP contribution in [0.5, 0.6) is 0 Å². The smallest absolute Gasteiger partial charge is 0.0784 e. The van der Waals surface area contributed by atoms with E-state index in [4.69, 9.17) is 18.0 Å². The molecule has 0 aromatic heterocycles. The molecule has 1 rings (SSSR count). The number of aryl methyl sites for hydroxylation is 1. The van der Waals surface area contributed by atoms with Crippen molar-refractivity contribution in [2.75, 3.05) is 18.0 Å². The molecule has 1 aromatic carbocycles. The summed E-state index contributed by atoms with van der Waals surface area (Å²) >= 11 is 5.11. The van der Waals surface area contributed by atoms with Gasteiger partial charge in [-0.05, 0) is 44.4 Å². The average Bonchev–Trinajstić information content (AvgIpc) is 2.34. The molecule has 1 aromatic rings. The standard InChI is InChI=1S/C16H26N2S/c1-5-18(14-9-6-8-13(2)12-14)11-7-10-16(3,4)15(17)19/h6,8-9,12H,5,7,10-11H2,1-4H3,(H2,17,19). The van der Waals surface area contributed by atoms with E-state index in [0.717, 1.165) is 25.9 Å². The maximum atomic E-state index is 5.77. The number of thiocarbonyl (C=S) groups is 1. The van der Waals surface area contributed by atoms with E-state index in [1.54, 1.807) is 0 Å². The maximum absolute atomic E-state index is 5.77. The summed E-state index contributed by atoms with van der Waals surface area (Å²) in [6.07, 6.45) is 2.14. The van der Waals surface area contributed by atoms with Crippen LogP contribution in [0.1, 0.15) is 39.2 Å². The van der Waals surface area contributed by atoms with Crippen LogP contribution >= 0.6 is 12.2 Å². The average molecular weight is 278 g/mol. The molecule has 0 spiro atoms. The Morgan fingerprint density at radius 1 is 1.37 bits per heavy atom. The topological polar surface area (TPSA) is 29.3 Å². The molecule has 0 heterocycles. The minimum absolute atomic E-state index is 0.0403. The van der Waals surface area contributed by atoms with Gasteiger partial charge in [-0.2, -0.15) is 0 Å². The van der Waals surface area contributed by atoms with Gasteiger partial charge in [0.15, 0.2) is 0 Å². The first-order valence-electron chi connectivity index (χ1n) is 6.98. The summed E-state index contributed by atoms with van der Waals surface area (Å²) in [6, 6.07) is 8.66. The molecule has 3 heteroatoms. The van der Waals surface area contributed by atoms with E-state index in [1.165, 1.54) is 11.3 Å².